The lowest BCUT2D eigenvalue weighted by Crippen LogP contribution is -2.09. The second-order valence-electron chi connectivity index (χ2n) is 8.13. The van der Waals surface area contributed by atoms with Crippen molar-refractivity contribution in [1.82, 2.24) is 9.78 Å². The molecular formula is C25H30N2O6S. The summed E-state index contributed by atoms with van der Waals surface area (Å²) in [5.74, 6) is 0.400. The number of aliphatic carboxylic acids is 1. The van der Waals surface area contributed by atoms with Crippen LogP contribution < -0.4 is 9.47 Å². The number of hydrogen-bond acceptors (Lipinski definition) is 6. The third kappa shape index (κ3) is 5.96. The van der Waals surface area contributed by atoms with Crippen molar-refractivity contribution in [1.29, 1.82) is 0 Å². The molecule has 0 unspecified atom stereocenters. The Kier molecular flexibility index (Phi) is 7.98. The highest BCUT2D eigenvalue weighted by atomic mass is 32.2. The minimum Gasteiger partial charge on any atom is -0.493 e. The molecule has 0 saturated heterocycles. The minimum absolute atomic E-state index is 0.0384. The van der Waals surface area contributed by atoms with Crippen molar-refractivity contribution in [3.05, 3.63) is 70.5 Å². The molecule has 0 saturated carbocycles. The van der Waals surface area contributed by atoms with Crippen LogP contribution in [0.4, 0.5) is 0 Å². The van der Waals surface area contributed by atoms with E-state index in [4.69, 9.17) is 14.6 Å². The Bertz CT molecular complexity index is 1260. The largest absolute Gasteiger partial charge is 0.493 e. The molecule has 9 heteroatoms. The number of carbonyl (C=O) groups is 1. The van der Waals surface area contributed by atoms with Crippen LogP contribution in [0.1, 0.15) is 34.5 Å². The van der Waals surface area contributed by atoms with Crippen LogP contribution >= 0.6 is 0 Å². The van der Waals surface area contributed by atoms with Crippen LogP contribution in [0.25, 0.3) is 0 Å². The van der Waals surface area contributed by atoms with Crippen LogP contribution in [0, 0.1) is 13.8 Å². The molecule has 1 aromatic heterocycles. The summed E-state index contributed by atoms with van der Waals surface area (Å²) < 4.78 is 37.9. The van der Waals surface area contributed by atoms with Crippen molar-refractivity contribution >= 4 is 15.8 Å². The first-order valence-corrected chi connectivity index (χ1v) is 12.6. The Morgan fingerprint density at radius 3 is 2.26 bits per heavy atom. The van der Waals surface area contributed by atoms with Crippen molar-refractivity contribution in [3.63, 3.8) is 0 Å². The zero-order valence-corrected chi connectivity index (χ0v) is 20.7. The van der Waals surface area contributed by atoms with E-state index in [2.05, 4.69) is 5.10 Å². The first-order valence-electron chi connectivity index (χ1n) is 10.9. The molecule has 1 N–H and O–H groups in total. The third-order valence-electron chi connectivity index (χ3n) is 5.80. The van der Waals surface area contributed by atoms with Gasteiger partial charge in [0.1, 0.15) is 0 Å². The molecule has 0 bridgehead atoms. The molecule has 3 aromatic rings. The normalized spacial score (nSPS) is 11.4. The van der Waals surface area contributed by atoms with E-state index in [1.807, 2.05) is 25.1 Å². The summed E-state index contributed by atoms with van der Waals surface area (Å²) >= 11 is 0. The fourth-order valence-electron chi connectivity index (χ4n) is 3.89. The summed E-state index contributed by atoms with van der Waals surface area (Å²) in [4.78, 5) is 11.4. The van der Waals surface area contributed by atoms with Crippen molar-refractivity contribution in [2.75, 3.05) is 20.0 Å². The van der Waals surface area contributed by atoms with E-state index in [1.165, 1.54) is 0 Å². The smallest absolute Gasteiger partial charge is 0.307 e. The van der Waals surface area contributed by atoms with Gasteiger partial charge in [-0.1, -0.05) is 18.2 Å². The van der Waals surface area contributed by atoms with E-state index in [-0.39, 0.29) is 17.1 Å². The molecule has 8 nitrogen and oxygen atoms in total. The number of benzene rings is 2. The molecule has 0 spiro atoms. The fourth-order valence-corrected chi connectivity index (χ4v) is 5.20. The maximum absolute atomic E-state index is 12.8. The molecule has 1 heterocycles. The monoisotopic (exact) mass is 486 g/mol. The summed E-state index contributed by atoms with van der Waals surface area (Å²) in [6, 6.07) is 12.4. The number of nitrogens with zero attached hydrogens (tertiary/aromatic N) is 2. The first kappa shape index (κ1) is 25.3. The summed E-state index contributed by atoms with van der Waals surface area (Å²) in [7, 11) is -0.275. The number of hydrogen-bond donors (Lipinski definition) is 1. The van der Waals surface area contributed by atoms with Crippen molar-refractivity contribution < 1.29 is 27.8 Å². The van der Waals surface area contributed by atoms with E-state index >= 15 is 0 Å². The van der Waals surface area contributed by atoms with Gasteiger partial charge >= 0.3 is 5.97 Å². The van der Waals surface area contributed by atoms with Crippen LogP contribution in [0.15, 0.2) is 47.4 Å². The topological polar surface area (TPSA) is 108 Å². The average molecular weight is 487 g/mol. The highest BCUT2D eigenvalue weighted by Gasteiger charge is 2.17. The number of aromatic nitrogens is 2. The second kappa shape index (κ2) is 10.7. The lowest BCUT2D eigenvalue weighted by molar-refractivity contribution is -0.136. The van der Waals surface area contributed by atoms with E-state index < -0.39 is 15.8 Å². The van der Waals surface area contributed by atoms with Gasteiger partial charge < -0.3 is 14.6 Å². The van der Waals surface area contributed by atoms with Gasteiger partial charge in [0.2, 0.25) is 0 Å². The van der Waals surface area contributed by atoms with E-state index in [1.54, 1.807) is 50.1 Å². The zero-order chi connectivity index (χ0) is 24.9. The van der Waals surface area contributed by atoms with Gasteiger partial charge in [-0.15, -0.1) is 0 Å². The minimum atomic E-state index is -3.42. The van der Waals surface area contributed by atoms with Crippen molar-refractivity contribution in [3.8, 4) is 11.5 Å². The Hall–Kier alpha value is -3.33. The summed E-state index contributed by atoms with van der Waals surface area (Å²) in [5.41, 5.74) is 4.06. The molecule has 0 amide bonds. The number of carboxylic acid groups (broad SMARTS) is 1. The molecule has 3 rings (SSSR count). The summed E-state index contributed by atoms with van der Waals surface area (Å²) in [5, 5.41) is 13.5. The summed E-state index contributed by atoms with van der Waals surface area (Å²) in [6.07, 6.45) is 1.02. The lowest BCUT2D eigenvalue weighted by atomic mass is 10.1. The molecule has 2 aromatic carbocycles. The predicted octanol–water partition coefficient (Wildman–Crippen LogP) is 3.60. The van der Waals surface area contributed by atoms with Gasteiger partial charge in [0, 0.05) is 11.3 Å². The molecule has 0 aliphatic heterocycles. The maximum atomic E-state index is 12.8. The van der Waals surface area contributed by atoms with Gasteiger partial charge in [-0.05, 0) is 62.1 Å². The number of sulfone groups is 1. The molecule has 0 fully saturated rings. The summed E-state index contributed by atoms with van der Waals surface area (Å²) in [6.45, 7) is 4.07. The molecule has 0 aliphatic rings. The first-order chi connectivity index (χ1) is 16.1. The van der Waals surface area contributed by atoms with Crippen molar-refractivity contribution in [2.45, 2.75) is 44.6 Å². The number of carboxylic acids is 1. The SMILES string of the molecule is COc1ccc(CCCS(=O)(=O)c2ccc(Cn3nc(C)c(CC(=O)O)c3C)cc2)cc1OC. The third-order valence-corrected chi connectivity index (χ3v) is 7.62. The molecular weight excluding hydrogens is 456 g/mol. The number of methoxy groups -OCH3 is 2. The van der Waals surface area contributed by atoms with Crippen molar-refractivity contribution in [2.24, 2.45) is 0 Å². The average Bonchev–Trinajstić information content (AvgIpc) is 3.06. The van der Waals surface area contributed by atoms with Gasteiger partial charge in [-0.25, -0.2) is 8.42 Å². The second-order valence-corrected chi connectivity index (χ2v) is 10.2. The Morgan fingerprint density at radius 2 is 1.65 bits per heavy atom. The predicted molar refractivity (Wildman–Crippen MR) is 129 cm³/mol. The van der Waals surface area contributed by atoms with Crippen LogP contribution in [0.5, 0.6) is 11.5 Å². The maximum Gasteiger partial charge on any atom is 0.307 e. The van der Waals surface area contributed by atoms with Gasteiger partial charge in [0.25, 0.3) is 0 Å². The molecule has 0 aliphatic carbocycles. The quantitative estimate of drug-likeness (QED) is 0.441. The lowest BCUT2D eigenvalue weighted by Gasteiger charge is -2.10. The highest BCUT2D eigenvalue weighted by molar-refractivity contribution is 7.91. The Labute approximate surface area is 200 Å². The molecule has 182 valence electrons. The molecule has 0 radical (unpaired) electrons. The fraction of sp³-hybridized carbons (Fsp3) is 0.360. The van der Waals surface area contributed by atoms with E-state index in [0.29, 0.717) is 42.1 Å². The Morgan fingerprint density at radius 1 is 1.00 bits per heavy atom. The zero-order valence-electron chi connectivity index (χ0n) is 19.9. The van der Waals surface area contributed by atoms with Crippen LogP contribution in [-0.4, -0.2) is 49.2 Å². The Balaban J connectivity index is 1.63. The van der Waals surface area contributed by atoms with Crippen LogP contribution in [0.2, 0.25) is 0 Å². The van der Waals surface area contributed by atoms with E-state index in [9.17, 15) is 13.2 Å². The van der Waals surface area contributed by atoms with Gasteiger partial charge in [0.15, 0.2) is 21.3 Å². The van der Waals surface area contributed by atoms with Gasteiger partial charge in [-0.2, -0.15) is 5.10 Å². The van der Waals surface area contributed by atoms with Gasteiger partial charge in [-0.3, -0.25) is 9.48 Å². The standard InChI is InChI=1S/C25H30N2O6S/c1-17-22(15-25(28)29)18(2)27(26-17)16-20-7-10-21(11-8-20)34(30,31)13-5-6-19-9-12-23(32-3)24(14-19)33-4/h7-12,14H,5-6,13,15-16H2,1-4H3,(H,28,29). The van der Waals surface area contributed by atoms with Crippen LogP contribution in [0.3, 0.4) is 0 Å². The molecule has 0 atom stereocenters. The molecule has 34 heavy (non-hydrogen) atoms. The number of ether oxygens (including phenoxy) is 2. The van der Waals surface area contributed by atoms with Crippen LogP contribution in [-0.2, 0) is 34.0 Å². The number of rotatable bonds is 11. The van der Waals surface area contributed by atoms with E-state index in [0.717, 1.165) is 16.8 Å². The number of aryl methyl sites for hydroxylation is 2. The van der Waals surface area contributed by atoms with Gasteiger partial charge in [0.05, 0.1) is 43.5 Å². The highest BCUT2D eigenvalue weighted by Crippen LogP contribution is 2.28.